The van der Waals surface area contributed by atoms with Crippen LogP contribution in [0.2, 0.25) is 5.02 Å². The molecule has 1 aliphatic carbocycles. The van der Waals surface area contributed by atoms with Crippen molar-refractivity contribution in [2.45, 2.75) is 43.9 Å². The molecule has 0 aromatic heterocycles. The topological polar surface area (TPSA) is 67.4 Å². The fraction of sp³-hybridized carbons (Fsp3) is 0.600. The minimum atomic E-state index is -0.172. The second-order valence-corrected chi connectivity index (χ2v) is 7.82. The fourth-order valence-electron chi connectivity index (χ4n) is 3.98. The smallest absolute Gasteiger partial charge is 0.239 e. The fourth-order valence-corrected chi connectivity index (χ4v) is 4.17. The van der Waals surface area contributed by atoms with Crippen molar-refractivity contribution in [3.05, 3.63) is 34.9 Å². The third kappa shape index (κ3) is 4.77. The molecule has 1 saturated carbocycles. The lowest BCUT2D eigenvalue weighted by molar-refractivity contribution is -0.128. The van der Waals surface area contributed by atoms with Crippen LogP contribution in [-0.2, 0) is 19.7 Å². The zero-order valence-electron chi connectivity index (χ0n) is 15.1. The molecule has 2 N–H and O–H groups in total. The van der Waals surface area contributed by atoms with Crippen molar-refractivity contribution >= 4 is 23.4 Å². The van der Waals surface area contributed by atoms with Gasteiger partial charge in [-0.3, -0.25) is 9.59 Å². The Labute approximate surface area is 159 Å². The summed E-state index contributed by atoms with van der Waals surface area (Å²) < 4.78 is 5.52. The van der Waals surface area contributed by atoms with Gasteiger partial charge in [0.1, 0.15) is 0 Å². The van der Waals surface area contributed by atoms with Crippen LogP contribution in [0.15, 0.2) is 24.3 Å². The number of hydrogen-bond acceptors (Lipinski definition) is 3. The molecule has 142 valence electrons. The van der Waals surface area contributed by atoms with Gasteiger partial charge in [0.15, 0.2) is 0 Å². The van der Waals surface area contributed by atoms with Gasteiger partial charge in [0.25, 0.3) is 0 Å². The molecular weight excluding hydrogens is 352 g/mol. The molecular formula is C20H27ClN2O3. The van der Waals surface area contributed by atoms with E-state index in [4.69, 9.17) is 16.3 Å². The van der Waals surface area contributed by atoms with Crippen molar-refractivity contribution in [1.29, 1.82) is 0 Å². The lowest BCUT2D eigenvalue weighted by atomic mass is 9.74. The molecule has 1 aromatic carbocycles. The summed E-state index contributed by atoms with van der Waals surface area (Å²) in [4.78, 5) is 24.3. The molecule has 0 spiro atoms. The van der Waals surface area contributed by atoms with Gasteiger partial charge in [-0.15, -0.1) is 0 Å². The molecule has 2 fully saturated rings. The summed E-state index contributed by atoms with van der Waals surface area (Å²) in [5.74, 6) is -0.0615. The normalized spacial score (nSPS) is 19.9. The summed E-state index contributed by atoms with van der Waals surface area (Å²) in [5, 5.41) is 6.48. The summed E-state index contributed by atoms with van der Waals surface area (Å²) in [6.45, 7) is 1.90. The van der Waals surface area contributed by atoms with Crippen molar-refractivity contribution in [3.63, 3.8) is 0 Å². The van der Waals surface area contributed by atoms with Gasteiger partial charge in [0.05, 0.1) is 6.54 Å². The molecule has 2 aliphatic rings. The van der Waals surface area contributed by atoms with E-state index in [-0.39, 0.29) is 29.7 Å². The number of amides is 2. The SMILES string of the molecule is O=C(CNC(=O)C1CCCC1)NCC1(c2cccc(Cl)c2)CCOCC1. The lowest BCUT2D eigenvalue weighted by Gasteiger charge is -2.38. The zero-order valence-corrected chi connectivity index (χ0v) is 15.8. The molecule has 0 atom stereocenters. The van der Waals surface area contributed by atoms with E-state index in [9.17, 15) is 9.59 Å². The number of carbonyl (C=O) groups is 2. The predicted octanol–water partition coefficient (Wildman–Crippen LogP) is 2.81. The Hall–Kier alpha value is -1.59. The number of hydrogen-bond donors (Lipinski definition) is 2. The standard InChI is InChI=1S/C20H27ClN2O3/c21-17-7-3-6-16(12-17)20(8-10-26-11-9-20)14-23-18(24)13-22-19(25)15-4-1-2-5-15/h3,6-7,12,15H,1-2,4-5,8-11,13-14H2,(H,22,25)(H,23,24). The number of carbonyl (C=O) groups excluding carboxylic acids is 2. The van der Waals surface area contributed by atoms with E-state index in [0.717, 1.165) is 44.1 Å². The van der Waals surface area contributed by atoms with Gasteiger partial charge in [0.2, 0.25) is 11.8 Å². The maximum atomic E-state index is 12.3. The lowest BCUT2D eigenvalue weighted by Crippen LogP contribution is -2.47. The minimum Gasteiger partial charge on any atom is -0.381 e. The van der Waals surface area contributed by atoms with E-state index in [1.165, 1.54) is 0 Å². The Morgan fingerprint density at radius 3 is 2.58 bits per heavy atom. The molecule has 1 aliphatic heterocycles. The third-order valence-corrected chi connectivity index (χ3v) is 5.90. The summed E-state index contributed by atoms with van der Waals surface area (Å²) in [6, 6.07) is 7.83. The highest BCUT2D eigenvalue weighted by Crippen LogP contribution is 2.35. The van der Waals surface area contributed by atoms with Crippen LogP contribution >= 0.6 is 11.6 Å². The number of ether oxygens (including phenoxy) is 1. The Morgan fingerprint density at radius 1 is 1.15 bits per heavy atom. The van der Waals surface area contributed by atoms with E-state index in [1.54, 1.807) is 0 Å². The summed E-state index contributed by atoms with van der Waals surface area (Å²) >= 11 is 6.17. The maximum Gasteiger partial charge on any atom is 0.239 e. The first-order valence-electron chi connectivity index (χ1n) is 9.47. The van der Waals surface area contributed by atoms with Gasteiger partial charge in [-0.2, -0.15) is 0 Å². The van der Waals surface area contributed by atoms with Crippen LogP contribution in [0.4, 0.5) is 0 Å². The molecule has 26 heavy (non-hydrogen) atoms. The van der Waals surface area contributed by atoms with E-state index >= 15 is 0 Å². The zero-order chi connectivity index (χ0) is 18.4. The first-order chi connectivity index (χ1) is 12.6. The molecule has 0 radical (unpaired) electrons. The average molecular weight is 379 g/mol. The van der Waals surface area contributed by atoms with Gasteiger partial charge in [0, 0.05) is 36.1 Å². The van der Waals surface area contributed by atoms with E-state index < -0.39 is 0 Å². The first-order valence-corrected chi connectivity index (χ1v) is 9.85. The molecule has 2 amide bonds. The van der Waals surface area contributed by atoms with Crippen LogP contribution in [-0.4, -0.2) is 38.1 Å². The minimum absolute atomic E-state index is 0.00766. The molecule has 0 unspecified atom stereocenters. The molecule has 3 rings (SSSR count). The summed E-state index contributed by atoms with van der Waals surface area (Å²) in [6.07, 6.45) is 5.75. The van der Waals surface area contributed by atoms with Crippen molar-refractivity contribution in [2.24, 2.45) is 5.92 Å². The van der Waals surface area contributed by atoms with Crippen molar-refractivity contribution in [2.75, 3.05) is 26.3 Å². The van der Waals surface area contributed by atoms with Gasteiger partial charge < -0.3 is 15.4 Å². The van der Waals surface area contributed by atoms with Crippen molar-refractivity contribution in [3.8, 4) is 0 Å². The maximum absolute atomic E-state index is 12.3. The summed E-state index contributed by atoms with van der Waals surface area (Å²) in [7, 11) is 0. The number of benzene rings is 1. The second-order valence-electron chi connectivity index (χ2n) is 7.38. The monoisotopic (exact) mass is 378 g/mol. The third-order valence-electron chi connectivity index (χ3n) is 5.66. The summed E-state index contributed by atoms with van der Waals surface area (Å²) in [5.41, 5.74) is 0.956. The van der Waals surface area contributed by atoms with E-state index in [2.05, 4.69) is 16.7 Å². The van der Waals surface area contributed by atoms with Gasteiger partial charge in [-0.25, -0.2) is 0 Å². The molecule has 6 heteroatoms. The van der Waals surface area contributed by atoms with Crippen LogP contribution in [0.25, 0.3) is 0 Å². The van der Waals surface area contributed by atoms with Crippen LogP contribution in [0.1, 0.15) is 44.1 Å². The first kappa shape index (κ1) is 19.2. The molecule has 0 bridgehead atoms. The molecule has 1 heterocycles. The number of rotatable bonds is 6. The second kappa shape index (κ2) is 8.87. The Kier molecular flexibility index (Phi) is 6.54. The van der Waals surface area contributed by atoms with Gasteiger partial charge in [-0.05, 0) is 43.4 Å². The van der Waals surface area contributed by atoms with Crippen molar-refractivity contribution < 1.29 is 14.3 Å². The van der Waals surface area contributed by atoms with Crippen molar-refractivity contribution in [1.82, 2.24) is 10.6 Å². The van der Waals surface area contributed by atoms with Gasteiger partial charge in [-0.1, -0.05) is 36.6 Å². The quantitative estimate of drug-likeness (QED) is 0.799. The highest BCUT2D eigenvalue weighted by Gasteiger charge is 2.35. The van der Waals surface area contributed by atoms with Crippen LogP contribution in [0, 0.1) is 5.92 Å². The Balaban J connectivity index is 1.55. The Morgan fingerprint density at radius 2 is 1.88 bits per heavy atom. The van der Waals surface area contributed by atoms with Crippen LogP contribution < -0.4 is 10.6 Å². The Bertz CT molecular complexity index is 638. The van der Waals surface area contributed by atoms with Crippen LogP contribution in [0.5, 0.6) is 0 Å². The van der Waals surface area contributed by atoms with Gasteiger partial charge >= 0.3 is 0 Å². The number of nitrogens with one attached hydrogen (secondary N) is 2. The largest absolute Gasteiger partial charge is 0.381 e. The van der Waals surface area contributed by atoms with E-state index in [0.29, 0.717) is 24.8 Å². The highest BCUT2D eigenvalue weighted by atomic mass is 35.5. The van der Waals surface area contributed by atoms with Crippen LogP contribution in [0.3, 0.4) is 0 Å². The highest BCUT2D eigenvalue weighted by molar-refractivity contribution is 6.30. The molecule has 1 aromatic rings. The number of halogens is 1. The molecule has 1 saturated heterocycles. The predicted molar refractivity (Wildman–Crippen MR) is 101 cm³/mol. The van der Waals surface area contributed by atoms with E-state index in [1.807, 2.05) is 18.2 Å². The molecule has 5 nitrogen and oxygen atoms in total. The average Bonchev–Trinajstić information content (AvgIpc) is 3.20.